The van der Waals surface area contributed by atoms with Gasteiger partial charge in [-0.15, -0.1) is 12.6 Å². The summed E-state index contributed by atoms with van der Waals surface area (Å²) in [4.78, 5) is 8.92. The molecule has 0 saturated carbocycles. The normalized spacial score (nSPS) is 9.80. The van der Waals surface area contributed by atoms with Gasteiger partial charge in [-0.2, -0.15) is 0 Å². The van der Waals surface area contributed by atoms with E-state index in [0.717, 1.165) is 40.2 Å². The average molecular weight is 676 g/mol. The Kier molecular flexibility index (Phi) is 19.9. The predicted molar refractivity (Wildman–Crippen MR) is 223 cm³/mol. The van der Waals surface area contributed by atoms with Crippen molar-refractivity contribution in [2.75, 3.05) is 0 Å². The first-order valence-corrected chi connectivity index (χ1v) is 16.8. The lowest BCUT2D eigenvalue weighted by molar-refractivity contribution is 1.08. The van der Waals surface area contributed by atoms with Gasteiger partial charge in [-0.25, -0.2) is 0 Å². The maximum absolute atomic E-state index is 5.50. The predicted octanol–water partition coefficient (Wildman–Crippen LogP) is 12.4. The third-order valence-electron chi connectivity index (χ3n) is 7.19. The summed E-state index contributed by atoms with van der Waals surface area (Å²) in [5.74, 6) is 0. The van der Waals surface area contributed by atoms with Crippen LogP contribution in [0.15, 0.2) is 185 Å². The number of thiol groups is 1. The van der Waals surface area contributed by atoms with E-state index in [1.807, 2.05) is 84.9 Å². The van der Waals surface area contributed by atoms with Crippen LogP contribution in [0.25, 0.3) is 16.8 Å². The molecule has 0 aliphatic carbocycles. The van der Waals surface area contributed by atoms with Crippen LogP contribution < -0.4 is 0 Å². The van der Waals surface area contributed by atoms with E-state index >= 15 is 0 Å². The minimum absolute atomic E-state index is 0.723. The number of benzene rings is 6. The second-order valence-electron chi connectivity index (χ2n) is 11.2. The second kappa shape index (κ2) is 24.5. The number of aryl methyl sites for hydroxylation is 3. The molecule has 4 heteroatoms. The fourth-order valence-electron chi connectivity index (χ4n) is 4.69. The summed E-state index contributed by atoms with van der Waals surface area (Å²) in [5.41, 5.74) is 10.7. The fourth-order valence-corrected chi connectivity index (χ4v) is 4.98. The molecule has 0 fully saturated rings. The van der Waals surface area contributed by atoms with E-state index in [4.69, 9.17) is 5.41 Å². The molecule has 0 unspecified atom stereocenters. The number of nitrogens with zero attached hydrogens (tertiary/aromatic N) is 2. The van der Waals surface area contributed by atoms with Gasteiger partial charge in [-0.1, -0.05) is 180 Å². The van der Waals surface area contributed by atoms with E-state index in [1.54, 1.807) is 0 Å². The molecule has 3 nitrogen and oxygen atoms in total. The van der Waals surface area contributed by atoms with E-state index in [2.05, 4.69) is 148 Å². The van der Waals surface area contributed by atoms with Crippen molar-refractivity contribution < 1.29 is 0 Å². The molecular formula is C46H49N3S. The number of allylic oxidation sites excluding steroid dienone is 1. The Morgan fingerprint density at radius 3 is 1.50 bits per heavy atom. The number of rotatable bonds is 7. The number of hydrogen-bond donors (Lipinski definition) is 2. The largest absolute Gasteiger partial charge is 0.317 e. The third kappa shape index (κ3) is 16.0. The molecule has 50 heavy (non-hydrogen) atoms. The maximum Gasteiger partial charge on any atom is 0.0658 e. The average Bonchev–Trinajstić information content (AvgIpc) is 3.15. The quantitative estimate of drug-likeness (QED) is 0.125. The van der Waals surface area contributed by atoms with Gasteiger partial charge in [0.25, 0.3) is 0 Å². The fraction of sp³-hybridized carbons (Fsp3) is 0.109. The highest BCUT2D eigenvalue weighted by Gasteiger charge is 2.04. The first-order valence-electron chi connectivity index (χ1n) is 16.4. The number of nitrogens with one attached hydrogen (secondary N) is 1. The van der Waals surface area contributed by atoms with Crippen molar-refractivity contribution in [2.45, 2.75) is 38.6 Å². The van der Waals surface area contributed by atoms with E-state index in [0.29, 0.717) is 0 Å². The summed E-state index contributed by atoms with van der Waals surface area (Å²) in [6.45, 7) is 16.6. The van der Waals surface area contributed by atoms with Crippen LogP contribution in [0.3, 0.4) is 0 Å². The van der Waals surface area contributed by atoms with Gasteiger partial charge in [-0.05, 0) is 81.2 Å². The third-order valence-corrected chi connectivity index (χ3v) is 7.58. The molecule has 0 amide bonds. The van der Waals surface area contributed by atoms with Crippen LogP contribution in [0.4, 0.5) is 0 Å². The van der Waals surface area contributed by atoms with Crippen LogP contribution in [0.1, 0.15) is 33.4 Å². The molecule has 0 aliphatic heterocycles. The molecule has 0 spiro atoms. The van der Waals surface area contributed by atoms with Crippen LogP contribution in [-0.2, 0) is 13.0 Å². The van der Waals surface area contributed by atoms with Crippen molar-refractivity contribution in [1.82, 2.24) is 0 Å². The minimum Gasteiger partial charge on any atom is -0.317 e. The van der Waals surface area contributed by atoms with Crippen molar-refractivity contribution in [1.29, 1.82) is 5.41 Å². The van der Waals surface area contributed by atoms with Crippen LogP contribution in [0.5, 0.6) is 0 Å². The number of hydrogen-bond acceptors (Lipinski definition) is 4. The van der Waals surface area contributed by atoms with Crippen LogP contribution in [-0.4, -0.2) is 20.2 Å². The van der Waals surface area contributed by atoms with Crippen LogP contribution in [0, 0.1) is 26.2 Å². The SMILES string of the molecule is C=N.C=N/C(=C\Cc1ccccc1)c1ccc(-c2ccccc2S)cc1.C=NCc1ccccc1.Cc1cccc(C)c1.Cc1ccccc1. The lowest BCUT2D eigenvalue weighted by atomic mass is 10.0. The monoisotopic (exact) mass is 675 g/mol. The van der Waals surface area contributed by atoms with Gasteiger partial charge < -0.3 is 5.41 Å². The second-order valence-corrected chi connectivity index (χ2v) is 11.7. The summed E-state index contributed by atoms with van der Waals surface area (Å²) >= 11 is 4.53. The zero-order valence-electron chi connectivity index (χ0n) is 29.5. The molecule has 0 atom stereocenters. The lowest BCUT2D eigenvalue weighted by Gasteiger charge is -2.07. The van der Waals surface area contributed by atoms with Gasteiger partial charge in [0.05, 0.1) is 12.2 Å². The molecular weight excluding hydrogens is 627 g/mol. The first-order chi connectivity index (χ1) is 24.4. The van der Waals surface area contributed by atoms with Gasteiger partial charge in [0.2, 0.25) is 0 Å². The Bertz CT molecular complexity index is 1820. The zero-order valence-corrected chi connectivity index (χ0v) is 30.4. The molecule has 0 bridgehead atoms. The van der Waals surface area contributed by atoms with Crippen molar-refractivity contribution in [2.24, 2.45) is 9.98 Å². The summed E-state index contributed by atoms with van der Waals surface area (Å²) in [5, 5.41) is 5.50. The summed E-state index contributed by atoms with van der Waals surface area (Å²) in [7, 11) is 0. The van der Waals surface area contributed by atoms with Gasteiger partial charge in [-0.3, -0.25) is 9.98 Å². The minimum atomic E-state index is 0.723. The number of aliphatic imine (C=N–C) groups is 2. The van der Waals surface area contributed by atoms with E-state index < -0.39 is 0 Å². The van der Waals surface area contributed by atoms with Crippen molar-refractivity contribution in [3.8, 4) is 11.1 Å². The van der Waals surface area contributed by atoms with Gasteiger partial charge in [0, 0.05) is 4.90 Å². The Morgan fingerprint density at radius 2 is 1.06 bits per heavy atom. The highest BCUT2D eigenvalue weighted by Crippen LogP contribution is 2.28. The first kappa shape index (κ1) is 40.6. The Labute approximate surface area is 305 Å². The molecule has 6 rings (SSSR count). The van der Waals surface area contributed by atoms with E-state index in [9.17, 15) is 0 Å². The molecule has 254 valence electrons. The highest BCUT2D eigenvalue weighted by atomic mass is 32.1. The standard InChI is InChI=1S/C22H19NS.C8H9N.C8H10.C7H8.CH3N/c1-23-21(16-11-17-7-3-2-4-8-17)19-14-12-18(13-15-19)20-9-5-6-10-22(20)24;1-9-7-8-5-3-2-4-6-8;1-7-4-3-5-8(2)6-7;1-7-5-3-2-4-6-7;1-2/h2-10,12-16,24H,1,11H2;2-6H,1,7H2;3-6H,1-2H3;2-6H,1H3;2H,1H2/b21-16-;;;;. The van der Waals surface area contributed by atoms with Gasteiger partial charge in [0.15, 0.2) is 0 Å². The smallest absolute Gasteiger partial charge is 0.0658 e. The molecule has 0 aromatic heterocycles. The zero-order chi connectivity index (χ0) is 36.4. The topological polar surface area (TPSA) is 48.6 Å². The van der Waals surface area contributed by atoms with Gasteiger partial charge >= 0.3 is 0 Å². The Balaban J connectivity index is 0.000000271. The molecule has 6 aromatic carbocycles. The summed E-state index contributed by atoms with van der Waals surface area (Å²) in [6.07, 6.45) is 2.96. The molecule has 6 aromatic rings. The summed E-state index contributed by atoms with van der Waals surface area (Å²) in [6, 6.07) is 55.6. The molecule has 0 heterocycles. The lowest BCUT2D eigenvalue weighted by Crippen LogP contribution is -1.86. The molecule has 0 aliphatic rings. The maximum atomic E-state index is 5.50. The Morgan fingerprint density at radius 1 is 0.580 bits per heavy atom. The molecule has 0 radical (unpaired) electrons. The summed E-state index contributed by atoms with van der Waals surface area (Å²) < 4.78 is 0. The molecule has 1 N–H and O–H groups in total. The van der Waals surface area contributed by atoms with E-state index in [1.165, 1.54) is 27.8 Å². The van der Waals surface area contributed by atoms with Crippen molar-refractivity contribution in [3.05, 3.63) is 203 Å². The highest BCUT2D eigenvalue weighted by molar-refractivity contribution is 7.80. The van der Waals surface area contributed by atoms with Crippen LogP contribution in [0.2, 0.25) is 0 Å². The van der Waals surface area contributed by atoms with Gasteiger partial charge in [0.1, 0.15) is 0 Å². The Hall–Kier alpha value is -5.58. The van der Waals surface area contributed by atoms with E-state index in [-0.39, 0.29) is 0 Å². The van der Waals surface area contributed by atoms with Crippen molar-refractivity contribution in [3.63, 3.8) is 0 Å². The molecule has 0 saturated heterocycles. The van der Waals surface area contributed by atoms with Crippen LogP contribution >= 0.6 is 12.6 Å². The van der Waals surface area contributed by atoms with Crippen molar-refractivity contribution >= 4 is 38.5 Å².